The van der Waals surface area contributed by atoms with Crippen molar-refractivity contribution in [2.75, 3.05) is 12.4 Å². The Morgan fingerprint density at radius 2 is 1.78 bits per heavy atom. The molecule has 3 heterocycles. The Morgan fingerprint density at radius 3 is 2.41 bits per heavy atom. The number of hydrogen-bond acceptors (Lipinski definition) is 4. The highest BCUT2D eigenvalue weighted by molar-refractivity contribution is 6.09. The van der Waals surface area contributed by atoms with Gasteiger partial charge in [0.1, 0.15) is 18.0 Å². The number of carbonyl (C=O) groups is 2. The molecule has 1 N–H and O–H groups in total. The second kappa shape index (κ2) is 6.86. The zero-order valence-corrected chi connectivity index (χ0v) is 19.2. The van der Waals surface area contributed by atoms with Crippen molar-refractivity contribution in [3.05, 3.63) is 71.3 Å². The van der Waals surface area contributed by atoms with Crippen molar-refractivity contribution >= 4 is 17.5 Å². The Labute approximate surface area is 188 Å². The summed E-state index contributed by atoms with van der Waals surface area (Å²) in [6.07, 6.45) is 1.59. The van der Waals surface area contributed by atoms with Crippen molar-refractivity contribution in [2.45, 2.75) is 57.4 Å². The summed E-state index contributed by atoms with van der Waals surface area (Å²) in [5.74, 6) is 0.680. The number of allylic oxidation sites excluding steroid dienone is 1. The summed E-state index contributed by atoms with van der Waals surface area (Å²) in [5.41, 5.74) is 2.53. The monoisotopic (exact) mass is 431 g/mol. The number of amides is 2. The lowest BCUT2D eigenvalue weighted by atomic mass is 9.72. The number of benzene rings is 2. The number of anilines is 1. The van der Waals surface area contributed by atoms with E-state index in [9.17, 15) is 9.59 Å². The number of likely N-dealkylation sites (tertiary alicyclic amines) is 2. The van der Waals surface area contributed by atoms with Crippen LogP contribution in [0, 0.1) is 0 Å². The summed E-state index contributed by atoms with van der Waals surface area (Å²) in [4.78, 5) is 31.5. The third-order valence-electron chi connectivity index (χ3n) is 7.03. The van der Waals surface area contributed by atoms with Gasteiger partial charge in [0.15, 0.2) is 0 Å². The molecule has 2 aromatic carbocycles. The predicted octanol–water partition coefficient (Wildman–Crippen LogP) is 3.68. The van der Waals surface area contributed by atoms with Crippen molar-refractivity contribution in [3.8, 4) is 5.75 Å². The third kappa shape index (κ3) is 2.52. The quantitative estimate of drug-likeness (QED) is 0.753. The predicted molar refractivity (Wildman–Crippen MR) is 123 cm³/mol. The molecule has 3 aliphatic rings. The number of methoxy groups -OCH3 is 1. The fourth-order valence-corrected chi connectivity index (χ4v) is 5.84. The molecule has 6 nitrogen and oxygen atoms in total. The van der Waals surface area contributed by atoms with Gasteiger partial charge in [-0.1, -0.05) is 36.4 Å². The van der Waals surface area contributed by atoms with E-state index in [0.717, 1.165) is 22.6 Å². The maximum atomic E-state index is 14.0. The van der Waals surface area contributed by atoms with Crippen LogP contribution in [0.3, 0.4) is 0 Å². The van der Waals surface area contributed by atoms with E-state index < -0.39 is 17.0 Å². The molecule has 0 aliphatic carbocycles. The average Bonchev–Trinajstić information content (AvgIpc) is 3.30. The topological polar surface area (TPSA) is 61.9 Å². The molecule has 0 aromatic heterocycles. The van der Waals surface area contributed by atoms with Crippen molar-refractivity contribution in [1.82, 2.24) is 9.80 Å². The maximum Gasteiger partial charge on any atom is 0.251 e. The summed E-state index contributed by atoms with van der Waals surface area (Å²) in [7, 11) is 1.63. The normalized spacial score (nSPS) is 27.5. The molecule has 0 radical (unpaired) electrons. The second-order valence-electron chi connectivity index (χ2n) is 9.73. The lowest BCUT2D eigenvalue weighted by molar-refractivity contribution is -0.142. The van der Waals surface area contributed by atoms with Gasteiger partial charge in [0.05, 0.1) is 12.5 Å². The molecule has 2 aromatic rings. The number of nitrogens with zero attached hydrogens (tertiary/aromatic N) is 2. The Bertz CT molecular complexity index is 1130. The van der Waals surface area contributed by atoms with Gasteiger partial charge >= 0.3 is 0 Å². The smallest absolute Gasteiger partial charge is 0.251 e. The Kier molecular flexibility index (Phi) is 4.42. The van der Waals surface area contributed by atoms with Gasteiger partial charge in [-0.2, -0.15) is 0 Å². The van der Waals surface area contributed by atoms with E-state index >= 15 is 0 Å². The van der Waals surface area contributed by atoms with Crippen LogP contribution in [0.4, 0.5) is 5.69 Å². The van der Waals surface area contributed by atoms with Crippen molar-refractivity contribution in [1.29, 1.82) is 0 Å². The fraction of sp³-hybridized carbons (Fsp3) is 0.385. The van der Waals surface area contributed by atoms with Crippen LogP contribution in [-0.2, 0) is 21.5 Å². The first kappa shape index (κ1) is 20.6. The molecule has 5 rings (SSSR count). The second-order valence-corrected chi connectivity index (χ2v) is 9.73. The summed E-state index contributed by atoms with van der Waals surface area (Å²) in [5, 5.41) is 3.60. The van der Waals surface area contributed by atoms with Crippen molar-refractivity contribution < 1.29 is 14.3 Å². The average molecular weight is 432 g/mol. The van der Waals surface area contributed by atoms with Crippen LogP contribution in [0.1, 0.15) is 38.8 Å². The molecule has 3 aliphatic heterocycles. The first-order chi connectivity index (χ1) is 15.2. The van der Waals surface area contributed by atoms with Crippen LogP contribution in [0.25, 0.3) is 0 Å². The summed E-state index contributed by atoms with van der Waals surface area (Å²) >= 11 is 0. The number of para-hydroxylation sites is 1. The molecule has 0 unspecified atom stereocenters. The number of rotatable bonds is 3. The summed E-state index contributed by atoms with van der Waals surface area (Å²) in [6.45, 7) is 8.42. The first-order valence-corrected chi connectivity index (χ1v) is 11.0. The molecule has 2 fully saturated rings. The molecule has 32 heavy (non-hydrogen) atoms. The summed E-state index contributed by atoms with van der Waals surface area (Å²) < 4.78 is 5.27. The van der Waals surface area contributed by atoms with Crippen LogP contribution in [0.5, 0.6) is 5.75 Å². The Morgan fingerprint density at radius 1 is 1.09 bits per heavy atom. The zero-order valence-electron chi connectivity index (χ0n) is 19.2. The highest BCUT2D eigenvalue weighted by Gasteiger charge is 2.73. The number of nitrogens with one attached hydrogen (secondary N) is 1. The molecular formula is C26H29N3O3. The van der Waals surface area contributed by atoms with Gasteiger partial charge in [-0.25, -0.2) is 0 Å². The third-order valence-corrected chi connectivity index (χ3v) is 7.03. The molecule has 2 amide bonds. The zero-order chi connectivity index (χ0) is 22.8. The van der Waals surface area contributed by atoms with E-state index in [0.29, 0.717) is 12.1 Å². The molecular weight excluding hydrogens is 402 g/mol. The molecule has 0 saturated carbocycles. The highest BCUT2D eigenvalue weighted by Crippen LogP contribution is 2.59. The van der Waals surface area contributed by atoms with E-state index in [1.54, 1.807) is 12.0 Å². The number of carbonyl (C=O) groups excluding carboxylic acids is 2. The van der Waals surface area contributed by atoms with Crippen molar-refractivity contribution in [2.24, 2.45) is 0 Å². The van der Waals surface area contributed by atoms with E-state index in [-0.39, 0.29) is 18.0 Å². The van der Waals surface area contributed by atoms with Gasteiger partial charge in [0, 0.05) is 23.3 Å². The first-order valence-electron chi connectivity index (χ1n) is 11.0. The lowest BCUT2D eigenvalue weighted by Gasteiger charge is -2.39. The Balaban J connectivity index is 1.68. The standard InChI is InChI=1S/C26H29N3O3/c1-6-18-22(30)28(15-16-11-13-17(32-5)14-12-16)21-23(31)29(25(2,3)4)24-26(18,21)19-9-7-8-10-20(19)27-24/h6-14,21,24,27H,15H2,1-5H3/b18-6-/t21-,24-,26+/m0/s1. The van der Waals surface area contributed by atoms with Gasteiger partial charge in [0.2, 0.25) is 5.91 Å². The maximum absolute atomic E-state index is 14.0. The fourth-order valence-electron chi connectivity index (χ4n) is 5.84. The lowest BCUT2D eigenvalue weighted by Crippen LogP contribution is -2.53. The van der Waals surface area contributed by atoms with Crippen LogP contribution < -0.4 is 10.1 Å². The van der Waals surface area contributed by atoms with Crippen LogP contribution in [-0.4, -0.2) is 46.5 Å². The van der Waals surface area contributed by atoms with Gasteiger partial charge in [0.25, 0.3) is 5.91 Å². The van der Waals surface area contributed by atoms with E-state index in [1.165, 1.54) is 0 Å². The highest BCUT2D eigenvalue weighted by atomic mass is 16.5. The minimum absolute atomic E-state index is 0.0109. The number of fused-ring (bicyclic) bond motifs is 1. The Hall–Kier alpha value is -3.28. The van der Waals surface area contributed by atoms with Crippen molar-refractivity contribution in [3.63, 3.8) is 0 Å². The molecule has 1 spiro atoms. The number of hydrogen-bond donors (Lipinski definition) is 1. The van der Waals surface area contributed by atoms with Gasteiger partial charge in [-0.05, 0) is 57.0 Å². The molecule has 3 atom stereocenters. The van der Waals surface area contributed by atoms with E-state index in [2.05, 4.69) is 32.2 Å². The molecule has 0 bridgehead atoms. The largest absolute Gasteiger partial charge is 0.497 e. The van der Waals surface area contributed by atoms with Gasteiger partial charge in [-0.15, -0.1) is 0 Å². The van der Waals surface area contributed by atoms with Crippen LogP contribution in [0.2, 0.25) is 0 Å². The van der Waals surface area contributed by atoms with E-state index in [1.807, 2.05) is 60.4 Å². The van der Waals surface area contributed by atoms with E-state index in [4.69, 9.17) is 4.74 Å². The van der Waals surface area contributed by atoms with Crippen LogP contribution in [0.15, 0.2) is 60.2 Å². The van der Waals surface area contributed by atoms with Gasteiger partial charge < -0.3 is 19.9 Å². The number of ether oxygens (including phenoxy) is 1. The minimum Gasteiger partial charge on any atom is -0.497 e. The minimum atomic E-state index is -0.737. The summed E-state index contributed by atoms with van der Waals surface area (Å²) in [6, 6.07) is 15.1. The van der Waals surface area contributed by atoms with Crippen LogP contribution >= 0.6 is 0 Å². The van der Waals surface area contributed by atoms with Gasteiger partial charge in [-0.3, -0.25) is 9.59 Å². The molecule has 2 saturated heterocycles. The molecule has 166 valence electrons. The SMILES string of the molecule is C/C=C1/C(=O)N(Cc2ccc(OC)cc2)[C@H]2C(=O)N(C(C)(C)C)[C@@H]3Nc4ccccc4[C@]123. The molecule has 6 heteroatoms.